The molecule has 0 saturated heterocycles. The van der Waals surface area contributed by atoms with Crippen LogP contribution in [0, 0.1) is 6.92 Å². The van der Waals surface area contributed by atoms with Crippen LogP contribution in [0.25, 0.3) is 5.82 Å². The maximum Gasteiger partial charge on any atom is 0.417 e. The summed E-state index contributed by atoms with van der Waals surface area (Å²) in [6.45, 7) is 1.92. The zero-order valence-corrected chi connectivity index (χ0v) is 14.8. The van der Waals surface area contributed by atoms with Gasteiger partial charge in [0.15, 0.2) is 5.82 Å². The van der Waals surface area contributed by atoms with Crippen molar-refractivity contribution >= 4 is 5.97 Å². The van der Waals surface area contributed by atoms with E-state index in [4.69, 9.17) is 9.84 Å². The van der Waals surface area contributed by atoms with Crippen molar-refractivity contribution < 1.29 is 27.8 Å². The molecule has 0 radical (unpaired) electrons. The van der Waals surface area contributed by atoms with Crippen molar-refractivity contribution in [3.05, 3.63) is 71.2 Å². The van der Waals surface area contributed by atoms with Gasteiger partial charge in [-0.1, -0.05) is 12.1 Å². The van der Waals surface area contributed by atoms with Crippen molar-refractivity contribution in [2.45, 2.75) is 26.1 Å². The summed E-state index contributed by atoms with van der Waals surface area (Å²) in [6, 6.07) is 8.95. The third kappa shape index (κ3) is 4.67. The lowest BCUT2D eigenvalue weighted by Crippen LogP contribution is -2.07. The number of aliphatic carboxylic acids is 1. The molecule has 0 amide bonds. The van der Waals surface area contributed by atoms with E-state index in [1.807, 2.05) is 0 Å². The number of carboxylic acid groups (broad SMARTS) is 1. The number of halogens is 3. The number of nitrogens with zero attached hydrogens (tertiary/aromatic N) is 3. The van der Waals surface area contributed by atoms with Gasteiger partial charge in [-0.15, -0.1) is 0 Å². The van der Waals surface area contributed by atoms with Crippen LogP contribution in [0.3, 0.4) is 0 Å². The van der Waals surface area contributed by atoms with E-state index in [9.17, 15) is 18.0 Å². The van der Waals surface area contributed by atoms with Gasteiger partial charge in [0.05, 0.1) is 17.7 Å². The maximum atomic E-state index is 12.6. The second kappa shape index (κ2) is 7.71. The SMILES string of the molecule is Cc1nn(-c2ccc(C(F)(F)F)cn2)cc1COc1cccc(CC(=O)O)c1. The van der Waals surface area contributed by atoms with Crippen molar-refractivity contribution in [1.29, 1.82) is 0 Å². The Morgan fingerprint density at radius 2 is 2.04 bits per heavy atom. The molecule has 0 aliphatic heterocycles. The summed E-state index contributed by atoms with van der Waals surface area (Å²) in [6.07, 6.45) is -2.16. The van der Waals surface area contributed by atoms with E-state index in [0.717, 1.165) is 17.8 Å². The molecular formula is C19H16F3N3O3. The Hall–Kier alpha value is -3.36. The Morgan fingerprint density at radius 1 is 1.25 bits per heavy atom. The number of ether oxygens (including phenoxy) is 1. The van der Waals surface area contributed by atoms with Gasteiger partial charge in [0.25, 0.3) is 0 Å². The lowest BCUT2D eigenvalue weighted by molar-refractivity contribution is -0.138. The summed E-state index contributed by atoms with van der Waals surface area (Å²) in [4.78, 5) is 14.6. The first-order valence-electron chi connectivity index (χ1n) is 8.24. The van der Waals surface area contributed by atoms with E-state index >= 15 is 0 Å². The van der Waals surface area contributed by atoms with Gasteiger partial charge in [-0.05, 0) is 36.8 Å². The third-order valence-electron chi connectivity index (χ3n) is 3.96. The van der Waals surface area contributed by atoms with E-state index in [-0.39, 0.29) is 18.8 Å². The summed E-state index contributed by atoms with van der Waals surface area (Å²) >= 11 is 0. The number of rotatable bonds is 6. The second-order valence-corrected chi connectivity index (χ2v) is 6.09. The summed E-state index contributed by atoms with van der Waals surface area (Å²) in [5.41, 5.74) is 1.16. The Balaban J connectivity index is 1.72. The number of alkyl halides is 3. The van der Waals surface area contributed by atoms with E-state index < -0.39 is 17.7 Å². The molecule has 0 atom stereocenters. The Kier molecular flexibility index (Phi) is 5.34. The number of benzene rings is 1. The van der Waals surface area contributed by atoms with Gasteiger partial charge in [0.2, 0.25) is 0 Å². The molecule has 146 valence electrons. The van der Waals surface area contributed by atoms with Crippen LogP contribution in [0.4, 0.5) is 13.2 Å². The monoisotopic (exact) mass is 391 g/mol. The number of carbonyl (C=O) groups is 1. The molecule has 1 N–H and O–H groups in total. The Bertz CT molecular complexity index is 982. The molecule has 0 unspecified atom stereocenters. The Morgan fingerprint density at radius 3 is 2.68 bits per heavy atom. The van der Waals surface area contributed by atoms with Gasteiger partial charge in [-0.3, -0.25) is 4.79 Å². The molecule has 0 fully saturated rings. The van der Waals surface area contributed by atoms with Crippen molar-refractivity contribution in [2.24, 2.45) is 0 Å². The van der Waals surface area contributed by atoms with Crippen LogP contribution in [-0.4, -0.2) is 25.8 Å². The van der Waals surface area contributed by atoms with E-state index in [1.165, 1.54) is 10.7 Å². The third-order valence-corrected chi connectivity index (χ3v) is 3.96. The summed E-state index contributed by atoms with van der Waals surface area (Å²) < 4.78 is 45.0. The minimum Gasteiger partial charge on any atom is -0.489 e. The minimum absolute atomic E-state index is 0.103. The molecule has 28 heavy (non-hydrogen) atoms. The first-order chi connectivity index (χ1) is 13.2. The molecule has 0 saturated carbocycles. The molecule has 2 aromatic heterocycles. The van der Waals surface area contributed by atoms with Crippen molar-refractivity contribution in [3.63, 3.8) is 0 Å². The fraction of sp³-hybridized carbons (Fsp3) is 0.211. The van der Waals surface area contributed by atoms with Crippen LogP contribution >= 0.6 is 0 Å². The molecule has 1 aromatic carbocycles. The molecule has 2 heterocycles. The van der Waals surface area contributed by atoms with E-state index in [2.05, 4.69) is 10.1 Å². The zero-order valence-electron chi connectivity index (χ0n) is 14.8. The maximum absolute atomic E-state index is 12.6. The highest BCUT2D eigenvalue weighted by Gasteiger charge is 2.30. The lowest BCUT2D eigenvalue weighted by Gasteiger charge is -2.07. The summed E-state index contributed by atoms with van der Waals surface area (Å²) in [7, 11) is 0. The molecule has 3 rings (SSSR count). The molecule has 0 aliphatic rings. The smallest absolute Gasteiger partial charge is 0.417 e. The van der Waals surface area contributed by atoms with Crippen molar-refractivity contribution in [2.75, 3.05) is 0 Å². The van der Waals surface area contributed by atoms with Crippen molar-refractivity contribution in [1.82, 2.24) is 14.8 Å². The second-order valence-electron chi connectivity index (χ2n) is 6.09. The van der Waals surface area contributed by atoms with Crippen LogP contribution in [0.15, 0.2) is 48.8 Å². The average molecular weight is 391 g/mol. The molecule has 0 aliphatic carbocycles. The van der Waals surface area contributed by atoms with Gasteiger partial charge in [0, 0.05) is 18.0 Å². The highest BCUT2D eigenvalue weighted by molar-refractivity contribution is 5.70. The highest BCUT2D eigenvalue weighted by Crippen LogP contribution is 2.28. The molecule has 3 aromatic rings. The number of hydrogen-bond donors (Lipinski definition) is 1. The number of aromatic nitrogens is 3. The van der Waals surface area contributed by atoms with Crippen LogP contribution in [0.2, 0.25) is 0 Å². The molecule has 0 bridgehead atoms. The molecular weight excluding hydrogens is 375 g/mol. The molecule has 0 spiro atoms. The van der Waals surface area contributed by atoms with Gasteiger partial charge in [-0.25, -0.2) is 9.67 Å². The van der Waals surface area contributed by atoms with Gasteiger partial charge >= 0.3 is 12.1 Å². The predicted molar refractivity (Wildman–Crippen MR) is 93.2 cm³/mol. The quantitative estimate of drug-likeness (QED) is 0.692. The first-order valence-corrected chi connectivity index (χ1v) is 8.24. The number of aryl methyl sites for hydroxylation is 1. The predicted octanol–water partition coefficient (Wildman–Crippen LogP) is 3.80. The zero-order chi connectivity index (χ0) is 20.3. The van der Waals surface area contributed by atoms with Gasteiger partial charge in [0.1, 0.15) is 12.4 Å². The van der Waals surface area contributed by atoms with E-state index in [0.29, 0.717) is 17.0 Å². The summed E-state index contributed by atoms with van der Waals surface area (Å²) in [5, 5.41) is 13.1. The summed E-state index contributed by atoms with van der Waals surface area (Å²) in [5.74, 6) is -0.164. The highest BCUT2D eigenvalue weighted by atomic mass is 19.4. The van der Waals surface area contributed by atoms with Gasteiger partial charge < -0.3 is 9.84 Å². The number of pyridine rings is 1. The molecule has 9 heteroatoms. The topological polar surface area (TPSA) is 77.2 Å². The first kappa shape index (κ1) is 19.4. The standard InChI is InChI=1S/C19H16F3N3O3/c1-12-14(11-28-16-4-2-3-13(7-16)8-18(26)27)10-25(24-12)17-6-5-15(9-23-17)19(20,21)22/h2-7,9-10H,8,11H2,1H3,(H,26,27). The van der Waals surface area contributed by atoms with Crippen LogP contribution < -0.4 is 4.74 Å². The normalized spacial score (nSPS) is 11.4. The number of carboxylic acids is 1. The molecule has 6 nitrogen and oxygen atoms in total. The van der Waals surface area contributed by atoms with Gasteiger partial charge in [-0.2, -0.15) is 18.3 Å². The average Bonchev–Trinajstić information content (AvgIpc) is 3.00. The lowest BCUT2D eigenvalue weighted by atomic mass is 10.1. The van der Waals surface area contributed by atoms with Crippen LogP contribution in [0.1, 0.15) is 22.4 Å². The van der Waals surface area contributed by atoms with Crippen LogP contribution in [0.5, 0.6) is 5.75 Å². The fourth-order valence-electron chi connectivity index (χ4n) is 2.52. The fourth-order valence-corrected chi connectivity index (χ4v) is 2.52. The Labute approximate surface area is 158 Å². The van der Waals surface area contributed by atoms with Crippen molar-refractivity contribution in [3.8, 4) is 11.6 Å². The minimum atomic E-state index is -4.44. The largest absolute Gasteiger partial charge is 0.489 e. The van der Waals surface area contributed by atoms with Crippen LogP contribution in [-0.2, 0) is 24.0 Å². The number of hydrogen-bond acceptors (Lipinski definition) is 4. The van der Waals surface area contributed by atoms with E-state index in [1.54, 1.807) is 37.4 Å².